The minimum atomic E-state index is -0.0167. The summed E-state index contributed by atoms with van der Waals surface area (Å²) in [5.41, 5.74) is 4.15. The second-order valence-corrected chi connectivity index (χ2v) is 6.95. The van der Waals surface area contributed by atoms with E-state index in [-0.39, 0.29) is 12.0 Å². The lowest BCUT2D eigenvalue weighted by molar-refractivity contribution is -0.120. The van der Waals surface area contributed by atoms with Gasteiger partial charge in [-0.2, -0.15) is 0 Å². The molecule has 1 aliphatic rings. The second kappa shape index (κ2) is 7.35. The Morgan fingerprint density at radius 2 is 2.15 bits per heavy atom. The number of carbonyl (C=O) groups is 1. The standard InChI is InChI=1S/C22H24N2O3/c1-3-26-20-9-15-8-14(2)27-21(15)10-17(20)13-24-22(25)11-16-12-23-19-7-5-4-6-18(16)19/h4-7,9-10,12,14,23H,3,8,11,13H2,1-2H3,(H,24,25). The van der Waals surface area contributed by atoms with Gasteiger partial charge in [-0.1, -0.05) is 18.2 Å². The van der Waals surface area contributed by atoms with Crippen molar-refractivity contribution in [1.29, 1.82) is 0 Å². The van der Waals surface area contributed by atoms with Crippen LogP contribution in [0.3, 0.4) is 0 Å². The monoisotopic (exact) mass is 364 g/mol. The topological polar surface area (TPSA) is 63.3 Å². The van der Waals surface area contributed by atoms with Crippen molar-refractivity contribution >= 4 is 16.8 Å². The van der Waals surface area contributed by atoms with Crippen LogP contribution in [0.25, 0.3) is 10.9 Å². The molecule has 1 amide bonds. The molecule has 5 heteroatoms. The smallest absolute Gasteiger partial charge is 0.224 e. The zero-order valence-electron chi connectivity index (χ0n) is 15.7. The van der Waals surface area contributed by atoms with E-state index >= 15 is 0 Å². The van der Waals surface area contributed by atoms with Crippen molar-refractivity contribution in [2.75, 3.05) is 6.61 Å². The van der Waals surface area contributed by atoms with Crippen molar-refractivity contribution < 1.29 is 14.3 Å². The molecule has 0 saturated carbocycles. The zero-order chi connectivity index (χ0) is 18.8. The van der Waals surface area contributed by atoms with Crippen molar-refractivity contribution in [2.24, 2.45) is 0 Å². The summed E-state index contributed by atoms with van der Waals surface area (Å²) in [5.74, 6) is 1.70. The normalized spacial score (nSPS) is 15.4. The summed E-state index contributed by atoms with van der Waals surface area (Å²) in [6, 6.07) is 12.0. The maximum atomic E-state index is 12.5. The molecule has 0 aliphatic carbocycles. The number of para-hydroxylation sites is 1. The van der Waals surface area contributed by atoms with Gasteiger partial charge in [0.05, 0.1) is 13.0 Å². The van der Waals surface area contributed by atoms with Crippen LogP contribution in [0.15, 0.2) is 42.6 Å². The summed E-state index contributed by atoms with van der Waals surface area (Å²) in [6.07, 6.45) is 3.32. The summed E-state index contributed by atoms with van der Waals surface area (Å²) in [4.78, 5) is 15.7. The lowest BCUT2D eigenvalue weighted by atomic mass is 10.1. The highest BCUT2D eigenvalue weighted by molar-refractivity contribution is 5.88. The van der Waals surface area contributed by atoms with Crippen molar-refractivity contribution in [3.63, 3.8) is 0 Å². The molecule has 1 unspecified atom stereocenters. The van der Waals surface area contributed by atoms with Gasteiger partial charge in [0, 0.05) is 41.2 Å². The fourth-order valence-electron chi connectivity index (χ4n) is 3.62. The van der Waals surface area contributed by atoms with Gasteiger partial charge in [0.1, 0.15) is 17.6 Å². The fourth-order valence-corrected chi connectivity index (χ4v) is 3.62. The van der Waals surface area contributed by atoms with Crippen LogP contribution in [-0.4, -0.2) is 23.6 Å². The Morgan fingerprint density at radius 1 is 1.30 bits per heavy atom. The third-order valence-corrected chi connectivity index (χ3v) is 4.88. The average Bonchev–Trinajstić information content (AvgIpc) is 3.22. The number of H-pyrrole nitrogens is 1. The molecule has 3 aromatic rings. The predicted molar refractivity (Wildman–Crippen MR) is 105 cm³/mol. The molecule has 0 bridgehead atoms. The van der Waals surface area contributed by atoms with E-state index in [1.54, 1.807) is 0 Å². The summed E-state index contributed by atoms with van der Waals surface area (Å²) in [6.45, 7) is 5.03. The van der Waals surface area contributed by atoms with Gasteiger partial charge in [0.15, 0.2) is 0 Å². The quantitative estimate of drug-likeness (QED) is 0.700. The minimum Gasteiger partial charge on any atom is -0.494 e. The molecule has 2 heterocycles. The molecule has 0 saturated heterocycles. The number of fused-ring (bicyclic) bond motifs is 2. The molecule has 1 aliphatic heterocycles. The van der Waals surface area contributed by atoms with Gasteiger partial charge in [0.2, 0.25) is 5.91 Å². The summed E-state index contributed by atoms with van der Waals surface area (Å²) in [7, 11) is 0. The number of hydrogen-bond acceptors (Lipinski definition) is 3. The van der Waals surface area contributed by atoms with Crippen molar-refractivity contribution in [2.45, 2.75) is 39.3 Å². The molecule has 1 aromatic heterocycles. The maximum absolute atomic E-state index is 12.5. The van der Waals surface area contributed by atoms with Crippen LogP contribution in [0.2, 0.25) is 0 Å². The Bertz CT molecular complexity index is 977. The number of carbonyl (C=O) groups excluding carboxylic acids is 1. The third kappa shape index (κ3) is 3.63. The van der Waals surface area contributed by atoms with Crippen LogP contribution in [0.1, 0.15) is 30.5 Å². The van der Waals surface area contributed by atoms with Gasteiger partial charge in [-0.05, 0) is 37.6 Å². The number of aromatic nitrogens is 1. The highest BCUT2D eigenvalue weighted by Crippen LogP contribution is 2.35. The van der Waals surface area contributed by atoms with Gasteiger partial charge in [-0.15, -0.1) is 0 Å². The predicted octanol–water partition coefficient (Wildman–Crippen LogP) is 3.75. The van der Waals surface area contributed by atoms with Gasteiger partial charge in [-0.3, -0.25) is 4.79 Å². The molecule has 27 heavy (non-hydrogen) atoms. The van der Waals surface area contributed by atoms with Gasteiger partial charge >= 0.3 is 0 Å². The largest absolute Gasteiger partial charge is 0.494 e. The molecule has 5 nitrogen and oxygen atoms in total. The van der Waals surface area contributed by atoms with Crippen molar-refractivity contribution in [3.8, 4) is 11.5 Å². The molecule has 0 spiro atoms. The van der Waals surface area contributed by atoms with E-state index in [0.717, 1.165) is 39.9 Å². The lowest BCUT2D eigenvalue weighted by Gasteiger charge is -2.13. The molecular formula is C22H24N2O3. The van der Waals surface area contributed by atoms with Crippen LogP contribution in [0, 0.1) is 0 Å². The van der Waals surface area contributed by atoms with E-state index in [1.165, 1.54) is 5.56 Å². The number of hydrogen-bond donors (Lipinski definition) is 2. The highest BCUT2D eigenvalue weighted by Gasteiger charge is 2.22. The van der Waals surface area contributed by atoms with E-state index in [0.29, 0.717) is 19.6 Å². The summed E-state index contributed by atoms with van der Waals surface area (Å²) >= 11 is 0. The Hall–Kier alpha value is -2.95. The molecule has 0 fully saturated rings. The van der Waals surface area contributed by atoms with Crippen LogP contribution >= 0.6 is 0 Å². The van der Waals surface area contributed by atoms with Crippen LogP contribution < -0.4 is 14.8 Å². The number of aromatic amines is 1. The molecule has 0 radical (unpaired) electrons. The summed E-state index contributed by atoms with van der Waals surface area (Å²) in [5, 5.41) is 4.10. The molecule has 2 N–H and O–H groups in total. The lowest BCUT2D eigenvalue weighted by Crippen LogP contribution is -2.24. The zero-order valence-corrected chi connectivity index (χ0v) is 15.7. The van der Waals surface area contributed by atoms with Crippen molar-refractivity contribution in [1.82, 2.24) is 10.3 Å². The SMILES string of the molecule is CCOc1cc2c(cc1CNC(=O)Cc1c[nH]c3ccccc13)OC(C)C2. The van der Waals surface area contributed by atoms with E-state index in [4.69, 9.17) is 9.47 Å². The number of rotatable bonds is 6. The molecule has 4 rings (SSSR count). The van der Waals surface area contributed by atoms with Crippen LogP contribution in [0.5, 0.6) is 11.5 Å². The van der Waals surface area contributed by atoms with E-state index in [1.807, 2.05) is 49.5 Å². The van der Waals surface area contributed by atoms with Crippen molar-refractivity contribution in [3.05, 3.63) is 59.3 Å². The van der Waals surface area contributed by atoms with E-state index in [2.05, 4.69) is 17.2 Å². The number of nitrogens with one attached hydrogen (secondary N) is 2. The fraction of sp³-hybridized carbons (Fsp3) is 0.318. The highest BCUT2D eigenvalue weighted by atomic mass is 16.5. The number of benzene rings is 2. The average molecular weight is 364 g/mol. The molecule has 2 aromatic carbocycles. The van der Waals surface area contributed by atoms with Crippen LogP contribution in [0.4, 0.5) is 0 Å². The number of ether oxygens (including phenoxy) is 2. The van der Waals surface area contributed by atoms with Gasteiger partial charge < -0.3 is 19.8 Å². The first kappa shape index (κ1) is 17.5. The Kier molecular flexibility index (Phi) is 4.75. The molecule has 140 valence electrons. The van der Waals surface area contributed by atoms with Gasteiger partial charge in [0.25, 0.3) is 0 Å². The Morgan fingerprint density at radius 3 is 3.00 bits per heavy atom. The Balaban J connectivity index is 1.46. The third-order valence-electron chi connectivity index (χ3n) is 4.88. The van der Waals surface area contributed by atoms with Gasteiger partial charge in [-0.25, -0.2) is 0 Å². The Labute approximate surface area is 158 Å². The first-order valence-corrected chi connectivity index (χ1v) is 9.41. The second-order valence-electron chi connectivity index (χ2n) is 6.95. The number of amides is 1. The van der Waals surface area contributed by atoms with E-state index < -0.39 is 0 Å². The minimum absolute atomic E-state index is 0.0167. The first-order valence-electron chi connectivity index (χ1n) is 9.41. The first-order chi connectivity index (χ1) is 13.1. The maximum Gasteiger partial charge on any atom is 0.224 e. The summed E-state index contributed by atoms with van der Waals surface area (Å²) < 4.78 is 11.6. The molecule has 1 atom stereocenters. The van der Waals surface area contributed by atoms with Crippen LogP contribution in [-0.2, 0) is 24.2 Å². The molecular weight excluding hydrogens is 340 g/mol. The van der Waals surface area contributed by atoms with E-state index in [9.17, 15) is 4.79 Å².